The van der Waals surface area contributed by atoms with Gasteiger partial charge in [0.25, 0.3) is 0 Å². The van der Waals surface area contributed by atoms with Gasteiger partial charge in [-0.2, -0.15) is 13.2 Å². The minimum absolute atomic E-state index is 0.0596. The average Bonchev–Trinajstić information content (AvgIpc) is 2.22. The summed E-state index contributed by atoms with van der Waals surface area (Å²) in [6, 6.07) is 2.18. The summed E-state index contributed by atoms with van der Waals surface area (Å²) in [6.45, 7) is 0.803. The molecule has 1 aromatic rings. The highest BCUT2D eigenvalue weighted by Crippen LogP contribution is 2.30. The van der Waals surface area contributed by atoms with Gasteiger partial charge in [-0.3, -0.25) is 0 Å². The van der Waals surface area contributed by atoms with E-state index in [1.165, 1.54) is 6.07 Å². The number of pyridine rings is 1. The number of nitrogens with zero attached hydrogens (tertiary/aromatic N) is 1. The van der Waals surface area contributed by atoms with Gasteiger partial charge in [0.15, 0.2) is 0 Å². The first-order valence-electron chi connectivity index (χ1n) is 5.02. The molecule has 0 atom stereocenters. The van der Waals surface area contributed by atoms with Gasteiger partial charge in [0.1, 0.15) is 11.8 Å². The quantitative estimate of drug-likeness (QED) is 0.876. The van der Waals surface area contributed by atoms with Crippen molar-refractivity contribution in [2.45, 2.75) is 18.8 Å². The molecule has 7 heteroatoms. The smallest absolute Gasteiger partial charge is 0.433 e. The Hall–Kier alpha value is -1.34. The molecule has 17 heavy (non-hydrogen) atoms. The van der Waals surface area contributed by atoms with E-state index in [2.05, 4.69) is 4.98 Å². The van der Waals surface area contributed by atoms with E-state index < -0.39 is 11.9 Å². The number of halogens is 3. The lowest BCUT2D eigenvalue weighted by Gasteiger charge is -2.27. The average molecular weight is 248 g/mol. The second-order valence-electron chi connectivity index (χ2n) is 3.64. The van der Waals surface area contributed by atoms with Crippen LogP contribution < -0.4 is 10.5 Å². The molecule has 1 aliphatic rings. The van der Waals surface area contributed by atoms with Gasteiger partial charge in [0, 0.05) is 12.1 Å². The van der Waals surface area contributed by atoms with Crippen molar-refractivity contribution in [1.82, 2.24) is 4.98 Å². The molecule has 4 nitrogen and oxygen atoms in total. The molecule has 0 radical (unpaired) electrons. The molecular formula is C10H11F3N2O2. The topological polar surface area (TPSA) is 57.4 Å². The molecule has 0 unspecified atom stereocenters. The molecule has 1 saturated heterocycles. The normalized spacial score (nSPS) is 16.7. The van der Waals surface area contributed by atoms with E-state index in [1.807, 2.05) is 0 Å². The summed E-state index contributed by atoms with van der Waals surface area (Å²) in [6.07, 6.45) is -4.72. The van der Waals surface area contributed by atoms with Gasteiger partial charge in [-0.05, 0) is 6.07 Å². The van der Waals surface area contributed by atoms with Crippen molar-refractivity contribution in [2.75, 3.05) is 13.2 Å². The van der Waals surface area contributed by atoms with Crippen molar-refractivity contribution in [3.63, 3.8) is 0 Å². The van der Waals surface area contributed by atoms with Crippen LogP contribution in [-0.4, -0.2) is 24.3 Å². The molecule has 0 aliphatic carbocycles. The third-order valence-electron chi connectivity index (χ3n) is 2.34. The van der Waals surface area contributed by atoms with Crippen LogP contribution in [0, 0.1) is 0 Å². The Kier molecular flexibility index (Phi) is 3.21. The molecule has 0 bridgehead atoms. The van der Waals surface area contributed by atoms with Crippen LogP contribution in [0.15, 0.2) is 12.1 Å². The fraction of sp³-hybridized carbons (Fsp3) is 0.500. The number of nitrogens with two attached hydrogens (primary N) is 1. The van der Waals surface area contributed by atoms with Gasteiger partial charge in [-0.25, -0.2) is 4.98 Å². The molecule has 2 rings (SSSR count). The van der Waals surface area contributed by atoms with Gasteiger partial charge in [0.2, 0.25) is 5.88 Å². The SMILES string of the molecule is NCc1ccc(C(F)(F)F)nc1OC1COC1. The lowest BCUT2D eigenvalue weighted by molar-refractivity contribution is -0.142. The summed E-state index contributed by atoms with van der Waals surface area (Å²) in [4.78, 5) is 3.45. The summed E-state index contributed by atoms with van der Waals surface area (Å²) in [5.41, 5.74) is 4.88. The number of rotatable bonds is 3. The van der Waals surface area contributed by atoms with Crippen LogP contribution in [0.3, 0.4) is 0 Å². The van der Waals surface area contributed by atoms with Crippen molar-refractivity contribution < 1.29 is 22.6 Å². The van der Waals surface area contributed by atoms with E-state index in [-0.39, 0.29) is 18.5 Å². The van der Waals surface area contributed by atoms with E-state index in [4.69, 9.17) is 15.2 Å². The Morgan fingerprint density at radius 2 is 2.12 bits per heavy atom. The highest BCUT2D eigenvalue weighted by Gasteiger charge is 2.33. The highest BCUT2D eigenvalue weighted by atomic mass is 19.4. The summed E-state index contributed by atoms with van der Waals surface area (Å²) < 4.78 is 47.6. The van der Waals surface area contributed by atoms with Crippen LogP contribution in [0.5, 0.6) is 5.88 Å². The van der Waals surface area contributed by atoms with Gasteiger partial charge < -0.3 is 15.2 Å². The van der Waals surface area contributed by atoms with Crippen LogP contribution in [-0.2, 0) is 17.5 Å². The third kappa shape index (κ3) is 2.67. The monoisotopic (exact) mass is 248 g/mol. The molecule has 0 saturated carbocycles. The molecule has 1 aromatic heterocycles. The molecule has 1 fully saturated rings. The Balaban J connectivity index is 2.25. The van der Waals surface area contributed by atoms with E-state index in [9.17, 15) is 13.2 Å². The summed E-state index contributed by atoms with van der Waals surface area (Å²) in [5, 5.41) is 0. The first-order chi connectivity index (χ1) is 8.00. The minimum Gasteiger partial charge on any atom is -0.469 e. The first-order valence-corrected chi connectivity index (χ1v) is 5.02. The minimum atomic E-state index is -4.48. The third-order valence-corrected chi connectivity index (χ3v) is 2.34. The molecule has 2 heterocycles. The summed E-state index contributed by atoms with van der Waals surface area (Å²) >= 11 is 0. The predicted molar refractivity (Wildman–Crippen MR) is 52.4 cm³/mol. The zero-order valence-corrected chi connectivity index (χ0v) is 8.83. The Bertz CT molecular complexity index is 405. The molecular weight excluding hydrogens is 237 g/mol. The van der Waals surface area contributed by atoms with E-state index in [0.29, 0.717) is 18.8 Å². The van der Waals surface area contributed by atoms with Crippen LogP contribution >= 0.6 is 0 Å². The lowest BCUT2D eigenvalue weighted by atomic mass is 10.2. The van der Waals surface area contributed by atoms with Gasteiger partial charge in [-0.15, -0.1) is 0 Å². The fourth-order valence-corrected chi connectivity index (χ4v) is 1.32. The standard InChI is InChI=1S/C10H11F3N2O2/c11-10(12,13)8-2-1-6(3-14)9(15-8)17-7-4-16-5-7/h1-2,7H,3-5,14H2. The molecule has 0 spiro atoms. The lowest BCUT2D eigenvalue weighted by Crippen LogP contribution is -2.39. The summed E-state index contributed by atoms with van der Waals surface area (Å²) in [5.74, 6) is -0.0596. The number of aromatic nitrogens is 1. The maximum Gasteiger partial charge on any atom is 0.433 e. The van der Waals surface area contributed by atoms with Crippen molar-refractivity contribution in [2.24, 2.45) is 5.73 Å². The molecule has 94 valence electrons. The first kappa shape index (κ1) is 12.1. The molecule has 0 aromatic carbocycles. The Morgan fingerprint density at radius 3 is 2.59 bits per heavy atom. The fourth-order valence-electron chi connectivity index (χ4n) is 1.32. The number of hydrogen-bond donors (Lipinski definition) is 1. The van der Waals surface area contributed by atoms with E-state index in [0.717, 1.165) is 6.07 Å². The van der Waals surface area contributed by atoms with Crippen molar-refractivity contribution in [1.29, 1.82) is 0 Å². The van der Waals surface area contributed by atoms with Crippen molar-refractivity contribution >= 4 is 0 Å². The number of ether oxygens (including phenoxy) is 2. The highest BCUT2D eigenvalue weighted by molar-refractivity contribution is 5.29. The van der Waals surface area contributed by atoms with Gasteiger partial charge in [-0.1, -0.05) is 6.07 Å². The maximum absolute atomic E-state index is 12.5. The zero-order valence-electron chi connectivity index (χ0n) is 8.83. The Labute approximate surface area is 95.5 Å². The van der Waals surface area contributed by atoms with Crippen LogP contribution in [0.4, 0.5) is 13.2 Å². The van der Waals surface area contributed by atoms with Gasteiger partial charge in [0.05, 0.1) is 13.2 Å². The van der Waals surface area contributed by atoms with Crippen LogP contribution in [0.2, 0.25) is 0 Å². The van der Waals surface area contributed by atoms with Crippen LogP contribution in [0.1, 0.15) is 11.3 Å². The van der Waals surface area contributed by atoms with E-state index >= 15 is 0 Å². The summed E-state index contributed by atoms with van der Waals surface area (Å²) in [7, 11) is 0. The maximum atomic E-state index is 12.5. The number of alkyl halides is 3. The van der Waals surface area contributed by atoms with Gasteiger partial charge >= 0.3 is 6.18 Å². The molecule has 1 aliphatic heterocycles. The molecule has 2 N–H and O–H groups in total. The second kappa shape index (κ2) is 4.50. The van der Waals surface area contributed by atoms with Crippen molar-refractivity contribution in [3.8, 4) is 5.88 Å². The number of hydrogen-bond acceptors (Lipinski definition) is 4. The Morgan fingerprint density at radius 1 is 1.41 bits per heavy atom. The molecule has 0 amide bonds. The zero-order chi connectivity index (χ0) is 12.5. The van der Waals surface area contributed by atoms with Crippen LogP contribution in [0.25, 0.3) is 0 Å². The second-order valence-corrected chi connectivity index (χ2v) is 3.64. The van der Waals surface area contributed by atoms with Crippen molar-refractivity contribution in [3.05, 3.63) is 23.4 Å². The predicted octanol–water partition coefficient (Wildman–Crippen LogP) is 1.34. The largest absolute Gasteiger partial charge is 0.469 e. The van der Waals surface area contributed by atoms with E-state index in [1.54, 1.807) is 0 Å².